The summed E-state index contributed by atoms with van der Waals surface area (Å²) in [5.41, 5.74) is 9.05. The molecule has 2 aromatic heterocycles. The number of hydrogen-bond acceptors (Lipinski definition) is 6. The number of fused-ring (bicyclic) bond motifs is 1. The van der Waals surface area contributed by atoms with E-state index in [4.69, 9.17) is 15.7 Å². The number of benzene rings is 2. The Bertz CT molecular complexity index is 1160. The molecule has 0 bridgehead atoms. The van der Waals surface area contributed by atoms with Crippen LogP contribution in [0.15, 0.2) is 53.9 Å². The Labute approximate surface area is 179 Å². The Morgan fingerprint density at radius 2 is 2.00 bits per heavy atom. The van der Waals surface area contributed by atoms with Gasteiger partial charge in [-0.15, -0.1) is 11.3 Å². The molecule has 0 fully saturated rings. The first-order chi connectivity index (χ1) is 14.5. The quantitative estimate of drug-likeness (QED) is 0.364. The number of nitrogens with two attached hydrogens (primary N) is 1. The summed E-state index contributed by atoms with van der Waals surface area (Å²) in [6, 6.07) is 15.2. The van der Waals surface area contributed by atoms with E-state index in [9.17, 15) is 4.39 Å². The van der Waals surface area contributed by atoms with E-state index in [0.717, 1.165) is 34.4 Å². The van der Waals surface area contributed by atoms with E-state index in [1.165, 1.54) is 10.9 Å². The normalized spacial score (nSPS) is 12.1. The first-order valence-corrected chi connectivity index (χ1v) is 10.8. The summed E-state index contributed by atoms with van der Waals surface area (Å²) < 4.78 is 13.6. The van der Waals surface area contributed by atoms with Gasteiger partial charge in [0, 0.05) is 16.0 Å². The van der Waals surface area contributed by atoms with Gasteiger partial charge in [0.05, 0.1) is 11.6 Å². The average Bonchev–Trinajstić information content (AvgIpc) is 3.27. The minimum Gasteiger partial charge on any atom is -0.362 e. The van der Waals surface area contributed by atoms with Crippen molar-refractivity contribution in [3.8, 4) is 0 Å². The van der Waals surface area contributed by atoms with E-state index in [0.29, 0.717) is 18.1 Å². The van der Waals surface area contributed by atoms with Crippen molar-refractivity contribution in [3.05, 3.63) is 75.7 Å². The smallest absolute Gasteiger partial charge is 0.229 e. The van der Waals surface area contributed by atoms with Crippen LogP contribution in [0.3, 0.4) is 0 Å². The first-order valence-electron chi connectivity index (χ1n) is 9.88. The van der Waals surface area contributed by atoms with Crippen LogP contribution in [-0.2, 0) is 6.42 Å². The molecule has 30 heavy (non-hydrogen) atoms. The number of anilines is 3. The lowest BCUT2D eigenvalue weighted by atomic mass is 10.1. The zero-order valence-electron chi connectivity index (χ0n) is 16.9. The maximum Gasteiger partial charge on any atom is 0.229 e. The third-order valence-electron chi connectivity index (χ3n) is 4.96. The lowest BCUT2D eigenvalue weighted by Crippen LogP contribution is -2.10. The molecule has 2 aromatic carbocycles. The zero-order chi connectivity index (χ0) is 21.1. The van der Waals surface area contributed by atoms with Crippen molar-refractivity contribution in [2.24, 2.45) is 5.73 Å². The van der Waals surface area contributed by atoms with Crippen LogP contribution in [0.4, 0.5) is 21.8 Å². The predicted octanol–water partition coefficient (Wildman–Crippen LogP) is 5.56. The van der Waals surface area contributed by atoms with Gasteiger partial charge in [0.2, 0.25) is 5.95 Å². The fourth-order valence-corrected chi connectivity index (χ4v) is 4.13. The van der Waals surface area contributed by atoms with Gasteiger partial charge in [-0.1, -0.05) is 18.2 Å². The molecule has 2 heterocycles. The summed E-state index contributed by atoms with van der Waals surface area (Å²) in [6.07, 6.45) is 0.726. The van der Waals surface area contributed by atoms with Gasteiger partial charge in [-0.3, -0.25) is 0 Å². The lowest BCUT2D eigenvalue weighted by Gasteiger charge is -2.17. The van der Waals surface area contributed by atoms with Crippen molar-refractivity contribution < 1.29 is 4.39 Å². The fourth-order valence-electron chi connectivity index (χ4n) is 3.40. The Hall–Kier alpha value is -3.03. The number of nitrogens with zero attached hydrogens (tertiary/aromatic N) is 2. The first kappa shape index (κ1) is 20.3. The third kappa shape index (κ3) is 4.27. The van der Waals surface area contributed by atoms with E-state index >= 15 is 0 Å². The molecule has 0 spiro atoms. The second-order valence-corrected chi connectivity index (χ2v) is 8.20. The van der Waals surface area contributed by atoms with Gasteiger partial charge in [0.1, 0.15) is 11.6 Å². The molecule has 0 saturated heterocycles. The number of hydrogen-bond donors (Lipinski definition) is 3. The monoisotopic (exact) mass is 421 g/mol. The van der Waals surface area contributed by atoms with E-state index in [2.05, 4.69) is 29.0 Å². The van der Waals surface area contributed by atoms with Crippen LogP contribution in [0, 0.1) is 12.7 Å². The number of para-hydroxylation sites is 1. The maximum absolute atomic E-state index is 13.6. The van der Waals surface area contributed by atoms with Crippen LogP contribution in [-0.4, -0.2) is 16.5 Å². The second kappa shape index (κ2) is 8.77. The highest BCUT2D eigenvalue weighted by molar-refractivity contribution is 7.10. The van der Waals surface area contributed by atoms with Gasteiger partial charge in [0.25, 0.3) is 0 Å². The van der Waals surface area contributed by atoms with E-state index in [-0.39, 0.29) is 11.9 Å². The molecule has 4 N–H and O–H groups in total. The number of rotatable bonds is 7. The van der Waals surface area contributed by atoms with Crippen molar-refractivity contribution >= 4 is 39.7 Å². The summed E-state index contributed by atoms with van der Waals surface area (Å²) in [7, 11) is 0. The van der Waals surface area contributed by atoms with Gasteiger partial charge in [-0.25, -0.2) is 9.37 Å². The summed E-state index contributed by atoms with van der Waals surface area (Å²) in [4.78, 5) is 10.7. The Morgan fingerprint density at radius 3 is 2.73 bits per heavy atom. The minimum atomic E-state index is -0.239. The summed E-state index contributed by atoms with van der Waals surface area (Å²) in [5, 5.41) is 9.77. The Balaban J connectivity index is 1.77. The molecule has 4 rings (SSSR count). The van der Waals surface area contributed by atoms with Gasteiger partial charge in [-0.2, -0.15) is 4.98 Å². The number of thiophene rings is 1. The minimum absolute atomic E-state index is 0.0992. The van der Waals surface area contributed by atoms with Gasteiger partial charge < -0.3 is 16.4 Å². The molecule has 1 unspecified atom stereocenters. The SMILES string of the molecule is Cc1cc(Nc2nc(NC(C)c3cccs3)c3cccc(CCN)c3n2)ccc1F. The van der Waals surface area contributed by atoms with Crippen LogP contribution >= 0.6 is 11.3 Å². The molecule has 0 radical (unpaired) electrons. The zero-order valence-corrected chi connectivity index (χ0v) is 17.8. The average molecular weight is 422 g/mol. The van der Waals surface area contributed by atoms with Gasteiger partial charge in [-0.05, 0) is 73.7 Å². The molecule has 5 nitrogen and oxygen atoms in total. The van der Waals surface area contributed by atoms with Crippen LogP contribution < -0.4 is 16.4 Å². The largest absolute Gasteiger partial charge is 0.362 e. The molecule has 0 amide bonds. The number of aromatic nitrogens is 2. The molecule has 0 aliphatic heterocycles. The van der Waals surface area contributed by atoms with Gasteiger partial charge in [0.15, 0.2) is 0 Å². The third-order valence-corrected chi connectivity index (χ3v) is 6.02. The molecule has 7 heteroatoms. The topological polar surface area (TPSA) is 75.9 Å². The molecular formula is C23H24FN5S. The number of aryl methyl sites for hydroxylation is 1. The van der Waals surface area contributed by atoms with Gasteiger partial charge >= 0.3 is 0 Å². The van der Waals surface area contributed by atoms with E-state index < -0.39 is 0 Å². The van der Waals surface area contributed by atoms with Crippen LogP contribution in [0.1, 0.15) is 29.0 Å². The van der Waals surface area contributed by atoms with Crippen LogP contribution in [0.2, 0.25) is 0 Å². The standard InChI is InChI=1S/C23H24FN5S/c1-14-13-17(8-9-19(14)24)27-23-28-21-16(10-11-25)5-3-6-18(21)22(29-23)26-15(2)20-7-4-12-30-20/h3-9,12-13,15H,10-11,25H2,1-2H3,(H2,26,27,28,29). The number of nitrogens with one attached hydrogen (secondary N) is 2. The van der Waals surface area contributed by atoms with E-state index in [1.54, 1.807) is 30.4 Å². The maximum atomic E-state index is 13.6. The highest BCUT2D eigenvalue weighted by Crippen LogP contribution is 2.30. The van der Waals surface area contributed by atoms with Crippen molar-refractivity contribution in [1.29, 1.82) is 0 Å². The molecular weight excluding hydrogens is 397 g/mol. The molecule has 0 aliphatic carbocycles. The predicted molar refractivity (Wildman–Crippen MR) is 123 cm³/mol. The molecule has 0 aliphatic rings. The van der Waals surface area contributed by atoms with Crippen molar-refractivity contribution in [1.82, 2.24) is 9.97 Å². The highest BCUT2D eigenvalue weighted by atomic mass is 32.1. The fraction of sp³-hybridized carbons (Fsp3) is 0.217. The Morgan fingerprint density at radius 1 is 1.13 bits per heavy atom. The summed E-state index contributed by atoms with van der Waals surface area (Å²) in [6.45, 7) is 4.38. The molecule has 4 aromatic rings. The van der Waals surface area contributed by atoms with E-state index in [1.807, 2.05) is 24.3 Å². The number of halogens is 1. The molecule has 0 saturated carbocycles. The van der Waals surface area contributed by atoms with Crippen LogP contribution in [0.5, 0.6) is 0 Å². The van der Waals surface area contributed by atoms with Crippen molar-refractivity contribution in [3.63, 3.8) is 0 Å². The van der Waals surface area contributed by atoms with Crippen molar-refractivity contribution in [2.45, 2.75) is 26.3 Å². The van der Waals surface area contributed by atoms with Crippen molar-refractivity contribution in [2.75, 3.05) is 17.2 Å². The lowest BCUT2D eigenvalue weighted by molar-refractivity contribution is 0.619. The summed E-state index contributed by atoms with van der Waals surface area (Å²) >= 11 is 1.70. The second-order valence-electron chi connectivity index (χ2n) is 7.22. The molecule has 154 valence electrons. The van der Waals surface area contributed by atoms with Crippen LogP contribution in [0.25, 0.3) is 10.9 Å². The molecule has 1 atom stereocenters. The highest BCUT2D eigenvalue weighted by Gasteiger charge is 2.15. The Kier molecular flexibility index (Phi) is 5.92. The summed E-state index contributed by atoms with van der Waals surface area (Å²) in [5.74, 6) is 0.970.